The lowest BCUT2D eigenvalue weighted by molar-refractivity contribution is -0.113. The SMILES string of the molecule is Cn1c(SCC(=O)Nc2ccccc2-c2ccccc2)nc2scc(-c3cccs3)c2c1=O. The lowest BCUT2D eigenvalue weighted by Crippen LogP contribution is -2.21. The number of nitrogens with one attached hydrogen (secondary N) is 1. The second kappa shape index (κ2) is 9.35. The molecule has 5 nitrogen and oxygen atoms in total. The molecule has 0 aliphatic carbocycles. The van der Waals surface area contributed by atoms with E-state index in [0.717, 1.165) is 27.3 Å². The summed E-state index contributed by atoms with van der Waals surface area (Å²) in [6.07, 6.45) is 0. The number of aromatic nitrogens is 2. The average molecular weight is 490 g/mol. The summed E-state index contributed by atoms with van der Waals surface area (Å²) in [5.74, 6) is 0.00103. The van der Waals surface area contributed by atoms with E-state index in [0.29, 0.717) is 15.4 Å². The molecule has 0 fully saturated rings. The van der Waals surface area contributed by atoms with E-state index in [2.05, 4.69) is 10.3 Å². The maximum Gasteiger partial charge on any atom is 0.263 e. The Labute approximate surface area is 202 Å². The highest BCUT2D eigenvalue weighted by atomic mass is 32.2. The van der Waals surface area contributed by atoms with Crippen LogP contribution in [0.4, 0.5) is 5.69 Å². The minimum atomic E-state index is -0.150. The summed E-state index contributed by atoms with van der Waals surface area (Å²) in [6.45, 7) is 0. The van der Waals surface area contributed by atoms with Gasteiger partial charge in [0.05, 0.1) is 11.1 Å². The first-order valence-corrected chi connectivity index (χ1v) is 13.0. The number of nitrogens with zero attached hydrogens (tertiary/aromatic N) is 2. The van der Waals surface area contributed by atoms with Crippen molar-refractivity contribution in [1.29, 1.82) is 0 Å². The molecular weight excluding hydrogens is 470 g/mol. The van der Waals surface area contributed by atoms with Crippen LogP contribution in [0.15, 0.2) is 87.4 Å². The second-order valence-electron chi connectivity index (χ2n) is 7.31. The molecule has 0 saturated heterocycles. The quantitative estimate of drug-likeness (QED) is 0.230. The van der Waals surface area contributed by atoms with Gasteiger partial charge in [0.15, 0.2) is 5.16 Å². The van der Waals surface area contributed by atoms with Gasteiger partial charge in [0.25, 0.3) is 5.56 Å². The number of hydrogen-bond donors (Lipinski definition) is 1. The smallest absolute Gasteiger partial charge is 0.263 e. The predicted molar refractivity (Wildman–Crippen MR) is 139 cm³/mol. The van der Waals surface area contributed by atoms with Gasteiger partial charge in [-0.15, -0.1) is 22.7 Å². The zero-order chi connectivity index (χ0) is 22.8. The molecule has 5 rings (SSSR count). The molecular formula is C25H19N3O2S3. The monoisotopic (exact) mass is 489 g/mol. The van der Waals surface area contributed by atoms with Gasteiger partial charge in [-0.05, 0) is 23.1 Å². The van der Waals surface area contributed by atoms with E-state index in [9.17, 15) is 9.59 Å². The number of carbonyl (C=O) groups is 1. The molecule has 8 heteroatoms. The van der Waals surface area contributed by atoms with Gasteiger partial charge in [-0.1, -0.05) is 66.4 Å². The van der Waals surface area contributed by atoms with Crippen LogP contribution in [0.1, 0.15) is 0 Å². The molecule has 1 N–H and O–H groups in total. The molecule has 0 saturated carbocycles. The molecule has 0 atom stereocenters. The Morgan fingerprint density at radius 3 is 2.58 bits per heavy atom. The molecule has 2 aromatic carbocycles. The van der Waals surface area contributed by atoms with Crippen LogP contribution >= 0.6 is 34.4 Å². The first-order chi connectivity index (χ1) is 16.1. The molecule has 0 unspecified atom stereocenters. The molecule has 0 radical (unpaired) electrons. The van der Waals surface area contributed by atoms with Crippen LogP contribution in [-0.4, -0.2) is 21.2 Å². The van der Waals surface area contributed by atoms with Crippen molar-refractivity contribution in [2.24, 2.45) is 7.05 Å². The number of anilines is 1. The van der Waals surface area contributed by atoms with Gasteiger partial charge in [-0.2, -0.15) is 0 Å². The van der Waals surface area contributed by atoms with Gasteiger partial charge >= 0.3 is 0 Å². The van der Waals surface area contributed by atoms with Crippen LogP contribution in [0.25, 0.3) is 31.8 Å². The van der Waals surface area contributed by atoms with E-state index >= 15 is 0 Å². The molecule has 0 bridgehead atoms. The molecule has 33 heavy (non-hydrogen) atoms. The topological polar surface area (TPSA) is 64.0 Å². The number of benzene rings is 2. The fourth-order valence-corrected chi connectivity index (χ4v) is 6.15. The van der Waals surface area contributed by atoms with Crippen LogP contribution in [0, 0.1) is 0 Å². The molecule has 1 amide bonds. The van der Waals surface area contributed by atoms with E-state index in [-0.39, 0.29) is 17.2 Å². The third kappa shape index (κ3) is 4.37. The Morgan fingerprint density at radius 2 is 1.79 bits per heavy atom. The van der Waals surface area contributed by atoms with Crippen molar-refractivity contribution < 1.29 is 4.79 Å². The minimum absolute atomic E-state index is 0.0954. The largest absolute Gasteiger partial charge is 0.325 e. The molecule has 0 aliphatic rings. The number of hydrogen-bond acceptors (Lipinski definition) is 6. The molecule has 5 aromatic rings. The fourth-order valence-electron chi connectivity index (χ4n) is 3.57. The third-order valence-electron chi connectivity index (χ3n) is 5.18. The van der Waals surface area contributed by atoms with Crippen LogP contribution in [-0.2, 0) is 11.8 Å². The zero-order valence-corrected chi connectivity index (χ0v) is 20.1. The second-order valence-corrected chi connectivity index (χ2v) is 10.1. The molecule has 3 heterocycles. The van der Waals surface area contributed by atoms with Crippen molar-refractivity contribution in [2.45, 2.75) is 5.16 Å². The van der Waals surface area contributed by atoms with Crippen LogP contribution < -0.4 is 10.9 Å². The van der Waals surface area contributed by atoms with Crippen molar-refractivity contribution in [2.75, 3.05) is 11.1 Å². The number of fused-ring (bicyclic) bond motifs is 1. The van der Waals surface area contributed by atoms with Gasteiger partial charge in [-0.25, -0.2) is 4.98 Å². The van der Waals surface area contributed by atoms with E-state index in [1.54, 1.807) is 18.4 Å². The highest BCUT2D eigenvalue weighted by molar-refractivity contribution is 7.99. The van der Waals surface area contributed by atoms with Crippen molar-refractivity contribution in [3.8, 4) is 21.6 Å². The lowest BCUT2D eigenvalue weighted by atomic mass is 10.0. The Kier molecular flexibility index (Phi) is 6.13. The first-order valence-electron chi connectivity index (χ1n) is 10.2. The molecule has 164 valence electrons. The Balaban J connectivity index is 1.35. The van der Waals surface area contributed by atoms with Crippen molar-refractivity contribution in [3.05, 3.63) is 87.8 Å². The molecule has 3 aromatic heterocycles. The van der Waals surface area contributed by atoms with Crippen molar-refractivity contribution >= 4 is 56.2 Å². The highest BCUT2D eigenvalue weighted by Gasteiger charge is 2.17. The maximum atomic E-state index is 13.1. The number of rotatable bonds is 6. The van der Waals surface area contributed by atoms with Crippen LogP contribution in [0.3, 0.4) is 0 Å². The van der Waals surface area contributed by atoms with E-state index in [4.69, 9.17) is 0 Å². The predicted octanol–water partition coefficient (Wildman–Crippen LogP) is 6.12. The van der Waals surface area contributed by atoms with E-state index < -0.39 is 0 Å². The van der Waals surface area contributed by atoms with Crippen LogP contribution in [0.2, 0.25) is 0 Å². The van der Waals surface area contributed by atoms with Crippen LogP contribution in [0.5, 0.6) is 0 Å². The number of thiophene rings is 2. The Hall–Kier alpha value is -3.20. The maximum absolute atomic E-state index is 13.1. The van der Waals surface area contributed by atoms with Gasteiger partial charge in [0.1, 0.15) is 4.83 Å². The Bertz CT molecular complexity index is 1490. The number of amides is 1. The number of para-hydroxylation sites is 1. The summed E-state index contributed by atoms with van der Waals surface area (Å²) >= 11 is 4.32. The summed E-state index contributed by atoms with van der Waals surface area (Å²) in [4.78, 5) is 32.3. The Morgan fingerprint density at radius 1 is 1.00 bits per heavy atom. The van der Waals surface area contributed by atoms with Gasteiger partial charge in [0.2, 0.25) is 5.91 Å². The third-order valence-corrected chi connectivity index (χ3v) is 7.98. The molecule has 0 spiro atoms. The average Bonchev–Trinajstić information content (AvgIpc) is 3.51. The van der Waals surface area contributed by atoms with Gasteiger partial charge < -0.3 is 5.32 Å². The highest BCUT2D eigenvalue weighted by Crippen LogP contribution is 2.34. The standard InChI is InChI=1S/C25H19N3O2S3/c1-28-24(30)22-18(20-12-7-13-31-20)14-32-23(22)27-25(28)33-15-21(29)26-19-11-6-5-10-17(19)16-8-3-2-4-9-16/h2-14H,15H2,1H3,(H,26,29). The van der Waals surface area contributed by atoms with Gasteiger partial charge in [0, 0.05) is 34.1 Å². The summed E-state index contributed by atoms with van der Waals surface area (Å²) in [7, 11) is 1.70. The minimum Gasteiger partial charge on any atom is -0.325 e. The summed E-state index contributed by atoms with van der Waals surface area (Å²) in [6, 6.07) is 21.6. The normalized spacial score (nSPS) is 11.1. The van der Waals surface area contributed by atoms with Gasteiger partial charge in [-0.3, -0.25) is 14.2 Å². The van der Waals surface area contributed by atoms with E-state index in [1.165, 1.54) is 27.7 Å². The molecule has 0 aliphatic heterocycles. The van der Waals surface area contributed by atoms with Crippen molar-refractivity contribution in [3.63, 3.8) is 0 Å². The number of carbonyl (C=O) groups excluding carboxylic acids is 1. The fraction of sp³-hybridized carbons (Fsp3) is 0.0800. The summed E-state index contributed by atoms with van der Waals surface area (Å²) in [5, 5.41) is 8.14. The zero-order valence-electron chi connectivity index (χ0n) is 17.6. The van der Waals surface area contributed by atoms with Crippen molar-refractivity contribution in [1.82, 2.24) is 9.55 Å². The summed E-state index contributed by atoms with van der Waals surface area (Å²) < 4.78 is 1.53. The van der Waals surface area contributed by atoms with E-state index in [1.807, 2.05) is 77.5 Å². The summed E-state index contributed by atoms with van der Waals surface area (Å²) in [5.41, 5.74) is 3.58. The lowest BCUT2D eigenvalue weighted by Gasteiger charge is -2.12. The first kappa shape index (κ1) is 21.6. The number of thioether (sulfide) groups is 1.